The molecule has 0 spiro atoms. The first-order valence-corrected chi connectivity index (χ1v) is 8.34. The van der Waals surface area contributed by atoms with E-state index < -0.39 is 5.97 Å². The lowest BCUT2D eigenvalue weighted by atomic mass is 10.1. The van der Waals surface area contributed by atoms with Gasteiger partial charge in [0, 0.05) is 6.20 Å². The predicted octanol–water partition coefficient (Wildman–Crippen LogP) is 2.18. The second kappa shape index (κ2) is 6.21. The lowest BCUT2D eigenvalue weighted by Gasteiger charge is -2.14. The van der Waals surface area contributed by atoms with Crippen LogP contribution in [-0.2, 0) is 6.54 Å². The number of carboxylic acid groups (broad SMARTS) is 1. The molecule has 134 valence electrons. The highest BCUT2D eigenvalue weighted by molar-refractivity contribution is 5.91. The van der Waals surface area contributed by atoms with E-state index in [2.05, 4.69) is 4.98 Å². The third-order valence-electron chi connectivity index (χ3n) is 4.55. The Morgan fingerprint density at radius 2 is 1.89 bits per heavy atom. The van der Waals surface area contributed by atoms with Gasteiger partial charge in [0.25, 0.3) is 5.56 Å². The minimum atomic E-state index is -1.25. The second-order valence-corrected chi connectivity index (χ2v) is 6.32. The van der Waals surface area contributed by atoms with Gasteiger partial charge in [-0.3, -0.25) is 14.6 Å². The van der Waals surface area contributed by atoms with Crippen LogP contribution in [-0.4, -0.2) is 25.0 Å². The third-order valence-corrected chi connectivity index (χ3v) is 4.55. The van der Waals surface area contributed by atoms with Crippen LogP contribution in [0.25, 0.3) is 16.7 Å². The molecule has 7 heteroatoms. The lowest BCUT2D eigenvalue weighted by molar-refractivity contribution is 0.0694. The maximum absolute atomic E-state index is 13.0. The van der Waals surface area contributed by atoms with Gasteiger partial charge in [0.05, 0.1) is 11.9 Å². The molecule has 0 saturated carbocycles. The van der Waals surface area contributed by atoms with E-state index >= 15 is 0 Å². The maximum atomic E-state index is 13.0. The van der Waals surface area contributed by atoms with E-state index in [1.807, 2.05) is 43.3 Å². The standard InChI is InChI=1S/C20H16N4O3/c1-12-6-5-9-23-17(12)22-18-15(19(23)25)10-14(20(26)27)16(21)24(18)11-13-7-3-2-4-8-13/h2-10,21H,11H2,1H3,(H,26,27). The van der Waals surface area contributed by atoms with Gasteiger partial charge < -0.3 is 9.67 Å². The third kappa shape index (κ3) is 2.69. The summed E-state index contributed by atoms with van der Waals surface area (Å²) in [5, 5.41) is 18.0. The average molecular weight is 360 g/mol. The zero-order valence-corrected chi connectivity index (χ0v) is 14.5. The van der Waals surface area contributed by atoms with E-state index in [4.69, 9.17) is 5.41 Å². The first kappa shape index (κ1) is 16.7. The predicted molar refractivity (Wildman–Crippen MR) is 100 cm³/mol. The number of hydrogen-bond acceptors (Lipinski definition) is 4. The van der Waals surface area contributed by atoms with Gasteiger partial charge in [-0.1, -0.05) is 36.4 Å². The Morgan fingerprint density at radius 1 is 1.15 bits per heavy atom. The number of aryl methyl sites for hydroxylation is 1. The van der Waals surface area contributed by atoms with Gasteiger partial charge in [0.1, 0.15) is 22.3 Å². The summed E-state index contributed by atoms with van der Waals surface area (Å²) < 4.78 is 2.88. The molecule has 4 aromatic rings. The average Bonchev–Trinajstić information content (AvgIpc) is 2.66. The van der Waals surface area contributed by atoms with Gasteiger partial charge in [-0.05, 0) is 30.2 Å². The summed E-state index contributed by atoms with van der Waals surface area (Å²) in [6.45, 7) is 2.09. The molecule has 7 nitrogen and oxygen atoms in total. The summed E-state index contributed by atoms with van der Waals surface area (Å²) >= 11 is 0. The molecule has 0 aliphatic rings. The minimum absolute atomic E-state index is 0.169. The van der Waals surface area contributed by atoms with E-state index in [9.17, 15) is 14.7 Å². The number of benzene rings is 1. The monoisotopic (exact) mass is 360 g/mol. The van der Waals surface area contributed by atoms with Crippen molar-refractivity contribution in [2.45, 2.75) is 13.5 Å². The first-order chi connectivity index (χ1) is 13.0. The van der Waals surface area contributed by atoms with Crippen molar-refractivity contribution < 1.29 is 9.90 Å². The number of carbonyl (C=O) groups is 1. The molecule has 0 aliphatic heterocycles. The van der Waals surface area contributed by atoms with E-state index in [1.165, 1.54) is 15.0 Å². The van der Waals surface area contributed by atoms with Crippen molar-refractivity contribution in [2.24, 2.45) is 0 Å². The minimum Gasteiger partial charge on any atom is -0.478 e. The first-order valence-electron chi connectivity index (χ1n) is 8.34. The maximum Gasteiger partial charge on any atom is 0.339 e. The summed E-state index contributed by atoms with van der Waals surface area (Å²) in [7, 11) is 0. The highest BCUT2D eigenvalue weighted by Crippen LogP contribution is 2.14. The number of carboxylic acids is 1. The number of aromatic carboxylic acids is 1. The van der Waals surface area contributed by atoms with Crippen LogP contribution in [0.3, 0.4) is 0 Å². The normalized spacial score (nSPS) is 11.1. The van der Waals surface area contributed by atoms with E-state index in [0.717, 1.165) is 11.1 Å². The number of hydrogen-bond donors (Lipinski definition) is 2. The number of rotatable bonds is 3. The highest BCUT2D eigenvalue weighted by atomic mass is 16.4. The molecule has 0 aliphatic carbocycles. The quantitative estimate of drug-likeness (QED) is 0.547. The molecular formula is C20H16N4O3. The SMILES string of the molecule is Cc1cccn2c(=O)c3cc(C(=O)O)c(=N)n(Cc4ccccc4)c3nc12. The number of aromatic nitrogens is 3. The molecule has 3 aromatic heterocycles. The summed E-state index contributed by atoms with van der Waals surface area (Å²) in [6, 6.07) is 14.2. The van der Waals surface area contributed by atoms with Gasteiger partial charge >= 0.3 is 5.97 Å². The molecule has 3 heterocycles. The fourth-order valence-corrected chi connectivity index (χ4v) is 3.18. The van der Waals surface area contributed by atoms with Crippen molar-refractivity contribution in [3.8, 4) is 0 Å². The van der Waals surface area contributed by atoms with Crippen LogP contribution >= 0.6 is 0 Å². The molecule has 0 bridgehead atoms. The van der Waals surface area contributed by atoms with Crippen molar-refractivity contribution >= 4 is 22.6 Å². The molecule has 1 aromatic carbocycles. The highest BCUT2D eigenvalue weighted by Gasteiger charge is 2.17. The van der Waals surface area contributed by atoms with Crippen molar-refractivity contribution in [1.82, 2.24) is 14.0 Å². The molecule has 0 fully saturated rings. The number of pyridine rings is 2. The molecule has 0 amide bonds. The summed E-state index contributed by atoms with van der Waals surface area (Å²) in [5.74, 6) is -1.25. The van der Waals surface area contributed by atoms with Crippen LogP contribution in [0.15, 0.2) is 59.5 Å². The topological polar surface area (TPSA) is 100 Å². The summed E-state index contributed by atoms with van der Waals surface area (Å²) in [5.41, 5.74) is 1.70. The van der Waals surface area contributed by atoms with Crippen molar-refractivity contribution in [3.05, 3.63) is 87.3 Å². The summed E-state index contributed by atoms with van der Waals surface area (Å²) in [6.07, 6.45) is 1.60. The van der Waals surface area contributed by atoms with Crippen LogP contribution in [0, 0.1) is 12.3 Å². The molecule has 0 radical (unpaired) electrons. The van der Waals surface area contributed by atoms with Crippen LogP contribution in [0.2, 0.25) is 0 Å². The largest absolute Gasteiger partial charge is 0.478 e. The molecule has 0 saturated heterocycles. The molecule has 0 atom stereocenters. The Labute approximate surface area is 153 Å². The molecular weight excluding hydrogens is 344 g/mol. The fraction of sp³-hybridized carbons (Fsp3) is 0.100. The van der Waals surface area contributed by atoms with Gasteiger partial charge in [-0.15, -0.1) is 0 Å². The second-order valence-electron chi connectivity index (χ2n) is 6.32. The van der Waals surface area contributed by atoms with Crippen LogP contribution in [0.1, 0.15) is 21.5 Å². The van der Waals surface area contributed by atoms with Crippen LogP contribution in [0.4, 0.5) is 0 Å². The Bertz CT molecular complexity index is 1320. The van der Waals surface area contributed by atoms with Crippen molar-refractivity contribution in [2.75, 3.05) is 0 Å². The van der Waals surface area contributed by atoms with Gasteiger partial charge in [-0.25, -0.2) is 9.78 Å². The number of nitrogens with zero attached hydrogens (tertiary/aromatic N) is 3. The van der Waals surface area contributed by atoms with E-state index in [-0.39, 0.29) is 28.5 Å². The molecule has 27 heavy (non-hydrogen) atoms. The smallest absolute Gasteiger partial charge is 0.339 e. The Hall–Kier alpha value is -3.74. The van der Waals surface area contributed by atoms with Gasteiger partial charge in [0.2, 0.25) is 0 Å². The summed E-state index contributed by atoms with van der Waals surface area (Å²) in [4.78, 5) is 29.2. The Morgan fingerprint density at radius 3 is 2.59 bits per heavy atom. The zero-order chi connectivity index (χ0) is 19.1. The van der Waals surface area contributed by atoms with E-state index in [1.54, 1.807) is 12.3 Å². The Balaban J connectivity index is 2.16. The van der Waals surface area contributed by atoms with E-state index in [0.29, 0.717) is 11.3 Å². The Kier molecular flexibility index (Phi) is 3.84. The molecule has 4 rings (SSSR count). The number of nitrogens with one attached hydrogen (secondary N) is 1. The van der Waals surface area contributed by atoms with Gasteiger partial charge in [-0.2, -0.15) is 0 Å². The zero-order valence-electron chi connectivity index (χ0n) is 14.5. The fourth-order valence-electron chi connectivity index (χ4n) is 3.18. The van der Waals surface area contributed by atoms with Crippen LogP contribution < -0.4 is 11.0 Å². The van der Waals surface area contributed by atoms with Gasteiger partial charge in [0.15, 0.2) is 0 Å². The lowest BCUT2D eigenvalue weighted by Crippen LogP contribution is -2.30. The van der Waals surface area contributed by atoms with Crippen molar-refractivity contribution in [1.29, 1.82) is 5.41 Å². The molecule has 0 unspecified atom stereocenters. The van der Waals surface area contributed by atoms with Crippen molar-refractivity contribution in [3.63, 3.8) is 0 Å². The molecule has 2 N–H and O–H groups in total. The van der Waals surface area contributed by atoms with Crippen LogP contribution in [0.5, 0.6) is 0 Å². The number of fused-ring (bicyclic) bond motifs is 2.